The molecule has 0 aromatic carbocycles. The molecule has 0 spiro atoms. The van der Waals surface area contributed by atoms with E-state index in [1.54, 1.807) is 0 Å². The van der Waals surface area contributed by atoms with E-state index >= 15 is 0 Å². The Morgan fingerprint density at radius 2 is 2.78 bits per heavy atom. The third-order valence-electron chi connectivity index (χ3n) is 1.23. The molecule has 9 heavy (non-hydrogen) atoms. The van der Waals surface area contributed by atoms with Gasteiger partial charge in [0.25, 0.3) is 0 Å². The average Bonchev–Trinajstić information content (AvgIpc) is 2.30. The van der Waals surface area contributed by atoms with Crippen molar-refractivity contribution in [3.8, 4) is 0 Å². The predicted octanol–water partition coefficient (Wildman–Crippen LogP) is 0.129. The lowest BCUT2D eigenvalue weighted by Gasteiger charge is -2.10. The molecule has 1 rings (SSSR count). The molecule has 0 amide bonds. The van der Waals surface area contributed by atoms with Crippen molar-refractivity contribution in [3.63, 3.8) is 0 Å². The van der Waals surface area contributed by atoms with E-state index in [9.17, 15) is 5.11 Å². The van der Waals surface area contributed by atoms with Gasteiger partial charge in [-0.05, 0) is 6.90 Å². The Labute approximate surface area is 57.4 Å². The number of hydrogen-bond acceptors (Lipinski definition) is 3. The highest BCUT2D eigenvalue weighted by atomic mass is 16.7. The van der Waals surface area contributed by atoms with Gasteiger partial charge in [-0.2, -0.15) is 0 Å². The van der Waals surface area contributed by atoms with Gasteiger partial charge < -0.3 is 14.6 Å². The van der Waals surface area contributed by atoms with Crippen LogP contribution in [0.1, 0.15) is 16.0 Å². The third-order valence-corrected chi connectivity index (χ3v) is 1.23. The van der Waals surface area contributed by atoms with Crippen molar-refractivity contribution in [3.05, 3.63) is 0 Å². The molecule has 54 valence electrons. The van der Waals surface area contributed by atoms with Crippen molar-refractivity contribution in [1.29, 1.82) is 0 Å². The number of ether oxygens (including phenoxy) is 2. The van der Waals surface area contributed by atoms with E-state index in [2.05, 4.69) is 0 Å². The van der Waals surface area contributed by atoms with E-state index < -0.39 is 24.9 Å². The summed E-state index contributed by atoms with van der Waals surface area (Å²) in [5.41, 5.74) is 0. The lowest BCUT2D eigenvalue weighted by molar-refractivity contribution is -0.145. The minimum Gasteiger partial charge on any atom is -0.388 e. The molecule has 0 bridgehead atoms. The maximum Gasteiger partial charge on any atom is 0.183 e. The number of rotatable bonds is 1. The van der Waals surface area contributed by atoms with E-state index in [0.29, 0.717) is 0 Å². The predicted molar refractivity (Wildman–Crippen MR) is 32.0 cm³/mol. The van der Waals surface area contributed by atoms with E-state index in [4.69, 9.17) is 12.2 Å². The lowest BCUT2D eigenvalue weighted by Crippen LogP contribution is -2.22. The number of methoxy groups -OCH3 is 1. The number of hydrogen-bond donors (Lipinski definition) is 1. The summed E-state index contributed by atoms with van der Waals surface area (Å²) in [6.07, 6.45) is -2.92. The smallest absolute Gasteiger partial charge is 0.183 e. The minimum absolute atomic E-state index is 0.00884. The van der Waals surface area contributed by atoms with E-state index in [1.807, 2.05) is 0 Å². The van der Waals surface area contributed by atoms with Gasteiger partial charge in [0.15, 0.2) is 6.29 Å². The molecule has 0 radical (unpaired) electrons. The molecule has 1 unspecified atom stereocenters. The zero-order chi connectivity index (χ0) is 8.43. The van der Waals surface area contributed by atoms with Crippen LogP contribution in [0.25, 0.3) is 0 Å². The SMILES string of the molecule is [2H]C[C@H]1OC(OC)[C@H](O)[C@H]1[2H]. The van der Waals surface area contributed by atoms with Crippen LogP contribution in [0.5, 0.6) is 0 Å². The Morgan fingerprint density at radius 1 is 2.00 bits per heavy atom. The fourth-order valence-corrected chi connectivity index (χ4v) is 0.804. The van der Waals surface area contributed by atoms with Crippen LogP contribution in [0.4, 0.5) is 0 Å². The van der Waals surface area contributed by atoms with Crippen LogP contribution in [0, 0.1) is 0 Å². The summed E-state index contributed by atoms with van der Waals surface area (Å²) in [5.74, 6) is 0. The van der Waals surface area contributed by atoms with Gasteiger partial charge in [-0.25, -0.2) is 0 Å². The summed E-state index contributed by atoms with van der Waals surface area (Å²) in [6, 6.07) is 0. The first-order valence-electron chi connectivity index (χ1n) is 4.07. The Balaban J connectivity index is 2.53. The van der Waals surface area contributed by atoms with Crippen molar-refractivity contribution < 1.29 is 17.3 Å². The van der Waals surface area contributed by atoms with Crippen molar-refractivity contribution >= 4 is 0 Å². The second kappa shape index (κ2) is 2.64. The molecule has 0 aromatic heterocycles. The Kier molecular flexibility index (Phi) is 1.37. The van der Waals surface area contributed by atoms with Crippen LogP contribution in [0.3, 0.4) is 0 Å². The molecule has 4 atom stereocenters. The van der Waals surface area contributed by atoms with Crippen molar-refractivity contribution in [1.82, 2.24) is 0 Å². The van der Waals surface area contributed by atoms with Gasteiger partial charge >= 0.3 is 0 Å². The first-order valence-corrected chi connectivity index (χ1v) is 2.78. The van der Waals surface area contributed by atoms with Crippen molar-refractivity contribution in [2.75, 3.05) is 7.11 Å². The van der Waals surface area contributed by atoms with Crippen LogP contribution < -0.4 is 0 Å². The zero-order valence-electron chi connectivity index (χ0n) is 7.28. The number of aliphatic hydroxyl groups is 1. The highest BCUT2D eigenvalue weighted by molar-refractivity contribution is 4.72. The zero-order valence-corrected chi connectivity index (χ0v) is 5.28. The monoisotopic (exact) mass is 134 g/mol. The molecular weight excluding hydrogens is 120 g/mol. The summed E-state index contributed by atoms with van der Waals surface area (Å²) in [5, 5.41) is 9.24. The van der Waals surface area contributed by atoms with Gasteiger partial charge in [0.2, 0.25) is 0 Å². The lowest BCUT2D eigenvalue weighted by atomic mass is 10.2. The van der Waals surface area contributed by atoms with Crippen LogP contribution in [-0.2, 0) is 9.47 Å². The molecule has 0 aliphatic carbocycles. The maximum absolute atomic E-state index is 9.24. The Morgan fingerprint density at radius 3 is 3.11 bits per heavy atom. The quantitative estimate of drug-likeness (QED) is 0.554. The summed E-state index contributed by atoms with van der Waals surface area (Å²) >= 11 is 0. The molecule has 1 aliphatic rings. The molecule has 0 saturated carbocycles. The summed E-state index contributed by atoms with van der Waals surface area (Å²) in [6.45, 7) is -0.00884. The number of aliphatic hydroxyl groups excluding tert-OH is 1. The minimum atomic E-state index is -0.921. The Bertz CT molecular complexity index is 115. The molecule has 1 aliphatic heterocycles. The first-order chi connectivity index (χ1) is 5.20. The van der Waals surface area contributed by atoms with Gasteiger partial charge in [0.05, 0.1) is 6.10 Å². The standard InChI is InChI=1S/C6H12O3/c1-4-3-5(7)6(8-2)9-4/h4-7H,3H2,1-2H3/t4-,5-,6?/m1/s1/i1D,3D/t3-,4+,5+,6?/m0. The van der Waals surface area contributed by atoms with Gasteiger partial charge in [0, 0.05) is 16.2 Å². The Hall–Kier alpha value is -0.120. The third kappa shape index (κ3) is 1.41. The normalized spacial score (nSPS) is 54.9. The van der Waals surface area contributed by atoms with Crippen LogP contribution in [0.15, 0.2) is 0 Å². The van der Waals surface area contributed by atoms with Gasteiger partial charge in [-0.15, -0.1) is 0 Å². The first kappa shape index (κ1) is 4.66. The second-order valence-electron chi connectivity index (χ2n) is 1.96. The highest BCUT2D eigenvalue weighted by Gasteiger charge is 2.30. The molecule has 1 fully saturated rings. The van der Waals surface area contributed by atoms with Crippen LogP contribution >= 0.6 is 0 Å². The highest BCUT2D eigenvalue weighted by Crippen LogP contribution is 2.19. The van der Waals surface area contributed by atoms with Gasteiger partial charge in [0.1, 0.15) is 6.10 Å². The maximum atomic E-state index is 9.24. The fraction of sp³-hybridized carbons (Fsp3) is 1.00. The summed E-state index contributed by atoms with van der Waals surface area (Å²) < 4.78 is 24.1. The molecule has 3 nitrogen and oxygen atoms in total. The van der Waals surface area contributed by atoms with E-state index in [-0.39, 0.29) is 6.90 Å². The van der Waals surface area contributed by atoms with Gasteiger partial charge in [-0.3, -0.25) is 0 Å². The van der Waals surface area contributed by atoms with Gasteiger partial charge in [-0.1, -0.05) is 0 Å². The largest absolute Gasteiger partial charge is 0.388 e. The molecular formula is C6H12O3. The fourth-order valence-electron chi connectivity index (χ4n) is 0.804. The summed E-state index contributed by atoms with van der Waals surface area (Å²) in [4.78, 5) is 0. The second-order valence-corrected chi connectivity index (χ2v) is 1.96. The van der Waals surface area contributed by atoms with Crippen molar-refractivity contribution in [2.45, 2.75) is 31.8 Å². The summed E-state index contributed by atoms with van der Waals surface area (Å²) in [7, 11) is 1.41. The molecule has 0 aromatic rings. The average molecular weight is 134 g/mol. The molecule has 1 N–H and O–H groups in total. The molecule has 1 saturated heterocycles. The van der Waals surface area contributed by atoms with Crippen LogP contribution in [0.2, 0.25) is 0 Å². The topological polar surface area (TPSA) is 38.7 Å². The van der Waals surface area contributed by atoms with E-state index in [1.165, 1.54) is 7.11 Å². The molecule has 3 heteroatoms. The van der Waals surface area contributed by atoms with Crippen LogP contribution in [-0.4, -0.2) is 30.7 Å². The van der Waals surface area contributed by atoms with E-state index in [0.717, 1.165) is 0 Å². The molecule has 1 heterocycles. The van der Waals surface area contributed by atoms with Crippen molar-refractivity contribution in [2.24, 2.45) is 0 Å².